The van der Waals surface area contributed by atoms with Gasteiger partial charge in [-0.2, -0.15) is 0 Å². The molecule has 0 bridgehead atoms. The van der Waals surface area contributed by atoms with E-state index in [1.165, 1.54) is 38.5 Å². The lowest BCUT2D eigenvalue weighted by Crippen LogP contribution is -2.50. The zero-order valence-electron chi connectivity index (χ0n) is 12.7. The number of aliphatic hydroxyl groups excluding tert-OH is 1. The van der Waals surface area contributed by atoms with E-state index in [0.717, 1.165) is 18.9 Å². The van der Waals surface area contributed by atoms with E-state index in [1.54, 1.807) is 0 Å². The zero-order chi connectivity index (χ0) is 14.5. The second-order valence-corrected chi connectivity index (χ2v) is 6.45. The van der Waals surface area contributed by atoms with Crippen LogP contribution in [0.5, 0.6) is 0 Å². The molecule has 2 heterocycles. The Morgan fingerprint density at radius 3 is 2.67 bits per heavy atom. The van der Waals surface area contributed by atoms with Crippen LogP contribution in [0.1, 0.15) is 38.5 Å². The van der Waals surface area contributed by atoms with E-state index in [0.29, 0.717) is 24.6 Å². The van der Waals surface area contributed by atoms with Crippen molar-refractivity contribution < 1.29 is 5.11 Å². The number of aliphatic hydroxyl groups is 1. The Kier molecular flexibility index (Phi) is 5.09. The second kappa shape index (κ2) is 7.23. The van der Waals surface area contributed by atoms with Crippen molar-refractivity contribution in [3.63, 3.8) is 0 Å². The average Bonchev–Trinajstić information content (AvgIpc) is 2.57. The van der Waals surface area contributed by atoms with Crippen LogP contribution in [0.15, 0.2) is 24.4 Å². The van der Waals surface area contributed by atoms with Crippen LogP contribution in [-0.4, -0.2) is 41.9 Å². The largest absolute Gasteiger partial charge is 0.396 e. The molecule has 2 aliphatic rings. The van der Waals surface area contributed by atoms with Crippen molar-refractivity contribution in [2.75, 3.05) is 24.6 Å². The van der Waals surface area contributed by atoms with Gasteiger partial charge in [-0.25, -0.2) is 4.98 Å². The number of nitrogens with zero attached hydrogens (tertiary/aromatic N) is 2. The van der Waals surface area contributed by atoms with Gasteiger partial charge in [-0.05, 0) is 43.7 Å². The summed E-state index contributed by atoms with van der Waals surface area (Å²) in [4.78, 5) is 6.82. The predicted octanol–water partition coefficient (Wildman–Crippen LogP) is 2.19. The first-order chi connectivity index (χ1) is 10.4. The minimum Gasteiger partial charge on any atom is -0.396 e. The Hall–Kier alpha value is -1.13. The molecule has 21 heavy (non-hydrogen) atoms. The van der Waals surface area contributed by atoms with Gasteiger partial charge < -0.3 is 15.3 Å². The highest BCUT2D eigenvalue weighted by Crippen LogP contribution is 2.26. The summed E-state index contributed by atoms with van der Waals surface area (Å²) in [6.45, 7) is 2.49. The topological polar surface area (TPSA) is 48.4 Å². The first-order valence-corrected chi connectivity index (χ1v) is 8.39. The van der Waals surface area contributed by atoms with Crippen molar-refractivity contribution in [2.24, 2.45) is 5.92 Å². The van der Waals surface area contributed by atoms with E-state index in [9.17, 15) is 5.11 Å². The number of anilines is 1. The molecule has 1 aromatic rings. The van der Waals surface area contributed by atoms with Crippen molar-refractivity contribution in [3.8, 4) is 0 Å². The zero-order valence-corrected chi connectivity index (χ0v) is 12.7. The molecule has 1 saturated carbocycles. The van der Waals surface area contributed by atoms with Crippen molar-refractivity contribution in [2.45, 2.75) is 50.6 Å². The monoisotopic (exact) mass is 289 g/mol. The first kappa shape index (κ1) is 14.8. The number of piperidine rings is 1. The van der Waals surface area contributed by atoms with E-state index in [1.807, 2.05) is 12.3 Å². The number of rotatable bonds is 4. The smallest absolute Gasteiger partial charge is 0.128 e. The predicted molar refractivity (Wildman–Crippen MR) is 85.4 cm³/mol. The van der Waals surface area contributed by atoms with Gasteiger partial charge in [0.1, 0.15) is 5.82 Å². The molecule has 4 heteroatoms. The van der Waals surface area contributed by atoms with Crippen molar-refractivity contribution in [3.05, 3.63) is 24.4 Å². The molecule has 0 amide bonds. The molecule has 0 spiro atoms. The van der Waals surface area contributed by atoms with E-state index in [2.05, 4.69) is 27.3 Å². The molecule has 1 aliphatic carbocycles. The number of nitrogens with one attached hydrogen (secondary N) is 1. The van der Waals surface area contributed by atoms with Gasteiger partial charge in [0.05, 0.1) is 0 Å². The summed E-state index contributed by atoms with van der Waals surface area (Å²) < 4.78 is 0. The van der Waals surface area contributed by atoms with Crippen LogP contribution in [0.25, 0.3) is 0 Å². The molecule has 0 radical (unpaired) electrons. The van der Waals surface area contributed by atoms with Crippen LogP contribution in [0.2, 0.25) is 0 Å². The number of aromatic nitrogens is 1. The summed E-state index contributed by atoms with van der Waals surface area (Å²) in [5, 5.41) is 13.3. The lowest BCUT2D eigenvalue weighted by Gasteiger charge is -2.38. The molecule has 1 aromatic heterocycles. The average molecular weight is 289 g/mol. The number of hydrogen-bond acceptors (Lipinski definition) is 4. The highest BCUT2D eigenvalue weighted by Gasteiger charge is 2.28. The SMILES string of the molecule is OCC1CCCCC1NC1CCN(c2ccccn2)CC1. The van der Waals surface area contributed by atoms with Gasteiger partial charge in [0.2, 0.25) is 0 Å². The minimum absolute atomic E-state index is 0.338. The van der Waals surface area contributed by atoms with Gasteiger partial charge in [0.15, 0.2) is 0 Å². The third-order valence-electron chi connectivity index (χ3n) is 5.06. The van der Waals surface area contributed by atoms with Gasteiger partial charge in [-0.1, -0.05) is 18.9 Å². The fraction of sp³-hybridized carbons (Fsp3) is 0.706. The Bertz CT molecular complexity index is 417. The van der Waals surface area contributed by atoms with Crippen LogP contribution in [-0.2, 0) is 0 Å². The lowest BCUT2D eigenvalue weighted by molar-refractivity contribution is 0.142. The Balaban J connectivity index is 1.49. The maximum atomic E-state index is 9.53. The normalized spacial score (nSPS) is 27.8. The van der Waals surface area contributed by atoms with E-state index >= 15 is 0 Å². The Morgan fingerprint density at radius 1 is 1.14 bits per heavy atom. The summed E-state index contributed by atoms with van der Waals surface area (Å²) >= 11 is 0. The van der Waals surface area contributed by atoms with Crippen LogP contribution in [0.3, 0.4) is 0 Å². The molecule has 1 saturated heterocycles. The van der Waals surface area contributed by atoms with Crippen LogP contribution in [0, 0.1) is 5.92 Å². The molecule has 2 fully saturated rings. The highest BCUT2D eigenvalue weighted by molar-refractivity contribution is 5.38. The molecule has 2 N–H and O–H groups in total. The molecule has 1 aliphatic heterocycles. The van der Waals surface area contributed by atoms with Gasteiger partial charge >= 0.3 is 0 Å². The minimum atomic E-state index is 0.338. The van der Waals surface area contributed by atoms with Crippen molar-refractivity contribution in [1.29, 1.82) is 0 Å². The quantitative estimate of drug-likeness (QED) is 0.892. The van der Waals surface area contributed by atoms with E-state index < -0.39 is 0 Å². The molecule has 116 valence electrons. The molecule has 2 unspecified atom stereocenters. The fourth-order valence-electron chi connectivity index (χ4n) is 3.76. The third-order valence-corrected chi connectivity index (χ3v) is 5.06. The second-order valence-electron chi connectivity index (χ2n) is 6.45. The number of hydrogen-bond donors (Lipinski definition) is 2. The number of pyridine rings is 1. The van der Waals surface area contributed by atoms with Gasteiger partial charge in [-0.15, -0.1) is 0 Å². The highest BCUT2D eigenvalue weighted by atomic mass is 16.3. The molecular weight excluding hydrogens is 262 g/mol. The maximum absolute atomic E-state index is 9.53. The summed E-state index contributed by atoms with van der Waals surface area (Å²) in [6, 6.07) is 7.24. The van der Waals surface area contributed by atoms with Crippen molar-refractivity contribution >= 4 is 5.82 Å². The van der Waals surface area contributed by atoms with Gasteiger partial charge in [0, 0.05) is 38.0 Å². The van der Waals surface area contributed by atoms with Crippen LogP contribution in [0.4, 0.5) is 5.82 Å². The maximum Gasteiger partial charge on any atom is 0.128 e. The molecule has 0 aromatic carbocycles. The Morgan fingerprint density at radius 2 is 1.95 bits per heavy atom. The van der Waals surface area contributed by atoms with Gasteiger partial charge in [0.25, 0.3) is 0 Å². The molecular formula is C17H27N3O. The van der Waals surface area contributed by atoms with Crippen molar-refractivity contribution in [1.82, 2.24) is 10.3 Å². The molecule has 4 nitrogen and oxygen atoms in total. The van der Waals surface area contributed by atoms with Crippen LogP contribution >= 0.6 is 0 Å². The summed E-state index contributed by atoms with van der Waals surface area (Å²) in [7, 11) is 0. The van der Waals surface area contributed by atoms with E-state index in [4.69, 9.17) is 0 Å². The molecule has 2 atom stereocenters. The van der Waals surface area contributed by atoms with Crippen LogP contribution < -0.4 is 10.2 Å². The fourth-order valence-corrected chi connectivity index (χ4v) is 3.76. The lowest BCUT2D eigenvalue weighted by atomic mass is 9.84. The third kappa shape index (κ3) is 3.74. The van der Waals surface area contributed by atoms with Gasteiger partial charge in [-0.3, -0.25) is 0 Å². The standard InChI is InChI=1S/C17H27N3O/c21-13-14-5-1-2-6-16(14)19-15-8-11-20(12-9-15)17-7-3-4-10-18-17/h3-4,7,10,14-16,19,21H,1-2,5-6,8-9,11-13H2. The molecule has 3 rings (SSSR count). The Labute approximate surface area is 127 Å². The first-order valence-electron chi connectivity index (χ1n) is 8.39. The summed E-state index contributed by atoms with van der Waals surface area (Å²) in [6.07, 6.45) is 9.21. The summed E-state index contributed by atoms with van der Waals surface area (Å²) in [5.41, 5.74) is 0. The van der Waals surface area contributed by atoms with E-state index in [-0.39, 0.29) is 0 Å². The summed E-state index contributed by atoms with van der Waals surface area (Å²) in [5.74, 6) is 1.56.